The topological polar surface area (TPSA) is 82.0 Å². The van der Waals surface area contributed by atoms with Crippen LogP contribution < -0.4 is 19.5 Å². The summed E-state index contributed by atoms with van der Waals surface area (Å²) in [6.07, 6.45) is -0.835. The predicted octanol–water partition coefficient (Wildman–Crippen LogP) is 3.00. The molecule has 1 unspecified atom stereocenters. The van der Waals surface area contributed by atoms with Crippen LogP contribution in [0.1, 0.15) is 5.69 Å². The smallest absolute Gasteiger partial charge is 0.240 e. The second-order valence-corrected chi connectivity index (χ2v) is 7.58. The maximum absolute atomic E-state index is 12.4. The summed E-state index contributed by atoms with van der Waals surface area (Å²) in [5, 5.41) is 14.0. The number of rotatable bonds is 7. The fourth-order valence-electron chi connectivity index (χ4n) is 3.24. The number of ether oxygens (including phenoxy) is 3. The van der Waals surface area contributed by atoms with E-state index in [-0.39, 0.29) is 32.4 Å². The highest BCUT2D eigenvalue weighted by Crippen LogP contribution is 2.35. The van der Waals surface area contributed by atoms with Gasteiger partial charge in [0.2, 0.25) is 12.7 Å². The average Bonchev–Trinajstić information content (AvgIpc) is 3.29. The van der Waals surface area contributed by atoms with E-state index in [0.717, 1.165) is 21.1 Å². The highest BCUT2D eigenvalue weighted by atomic mass is 79.9. The molecule has 1 amide bonds. The second kappa shape index (κ2) is 8.34. The van der Waals surface area contributed by atoms with Crippen LogP contribution in [-0.4, -0.2) is 41.6 Å². The first-order valence-electron chi connectivity index (χ1n) is 9.23. The molecule has 0 aliphatic carbocycles. The Balaban J connectivity index is 1.29. The van der Waals surface area contributed by atoms with Gasteiger partial charge in [-0.1, -0.05) is 18.2 Å². The lowest BCUT2D eigenvalue weighted by Gasteiger charge is -2.14. The van der Waals surface area contributed by atoms with Gasteiger partial charge in [-0.05, 0) is 41.1 Å². The Kier molecular flexibility index (Phi) is 5.64. The maximum atomic E-state index is 12.4. The van der Waals surface area contributed by atoms with Crippen molar-refractivity contribution in [3.8, 4) is 17.2 Å². The fraction of sp³-hybridized carbons (Fsp3) is 0.286. The number of benzene rings is 2. The number of fused-ring (bicyclic) bond motifs is 2. The van der Waals surface area contributed by atoms with E-state index < -0.39 is 6.10 Å². The summed E-state index contributed by atoms with van der Waals surface area (Å²) in [5.74, 6) is 1.68. The number of hydrogen-bond acceptors (Lipinski definition) is 5. The van der Waals surface area contributed by atoms with Crippen molar-refractivity contribution in [1.82, 2.24) is 9.88 Å². The van der Waals surface area contributed by atoms with Crippen molar-refractivity contribution >= 4 is 32.7 Å². The molecule has 7 nitrogen and oxygen atoms in total. The highest BCUT2D eigenvalue weighted by Gasteiger charge is 2.16. The Bertz CT molecular complexity index is 1050. The Morgan fingerprint density at radius 1 is 1.28 bits per heavy atom. The molecule has 0 spiro atoms. The van der Waals surface area contributed by atoms with Gasteiger partial charge in [0, 0.05) is 33.7 Å². The fourth-order valence-corrected chi connectivity index (χ4v) is 3.79. The predicted molar refractivity (Wildman–Crippen MR) is 111 cm³/mol. The van der Waals surface area contributed by atoms with E-state index in [1.165, 1.54) is 0 Å². The number of nitrogens with one attached hydrogen (secondary N) is 1. The number of hydrogen-bond donors (Lipinski definition) is 2. The molecule has 3 aromatic rings. The minimum Gasteiger partial charge on any atom is -0.491 e. The number of halogens is 1. The third-order valence-electron chi connectivity index (χ3n) is 4.78. The van der Waals surface area contributed by atoms with Gasteiger partial charge in [-0.15, -0.1) is 0 Å². The molecule has 1 aliphatic heterocycles. The van der Waals surface area contributed by atoms with Gasteiger partial charge in [-0.2, -0.15) is 0 Å². The van der Waals surface area contributed by atoms with Gasteiger partial charge in [-0.3, -0.25) is 4.79 Å². The molecule has 8 heteroatoms. The van der Waals surface area contributed by atoms with Crippen LogP contribution in [0.2, 0.25) is 0 Å². The standard InChI is InChI=1S/C21H21BrN2O5/c1-13-21(22)16-4-2-3-5-17(16)24(13)10-20(26)23-9-14(25)11-27-15-6-7-18-19(8-15)29-12-28-18/h2-8,14,25H,9-12H2,1H3,(H,23,26). The minimum atomic E-state index is -0.835. The number of carbonyl (C=O) groups is 1. The Morgan fingerprint density at radius 3 is 2.93 bits per heavy atom. The minimum absolute atomic E-state index is 0.0525. The van der Waals surface area contributed by atoms with Gasteiger partial charge in [0.1, 0.15) is 25.0 Å². The summed E-state index contributed by atoms with van der Waals surface area (Å²) in [5.41, 5.74) is 1.96. The van der Waals surface area contributed by atoms with Gasteiger partial charge in [-0.25, -0.2) is 0 Å². The number of amides is 1. The van der Waals surface area contributed by atoms with Gasteiger partial charge in [0.05, 0.1) is 0 Å². The van der Waals surface area contributed by atoms with E-state index in [2.05, 4.69) is 21.2 Å². The molecular formula is C21H21BrN2O5. The van der Waals surface area contributed by atoms with Gasteiger partial charge >= 0.3 is 0 Å². The highest BCUT2D eigenvalue weighted by molar-refractivity contribution is 9.10. The van der Waals surface area contributed by atoms with Crippen LogP contribution in [0.5, 0.6) is 17.2 Å². The first kappa shape index (κ1) is 19.6. The molecule has 4 rings (SSSR count). The normalized spacial score (nSPS) is 13.5. The van der Waals surface area contributed by atoms with Crippen molar-refractivity contribution in [3.63, 3.8) is 0 Å². The van der Waals surface area contributed by atoms with Crippen LogP contribution in [-0.2, 0) is 11.3 Å². The van der Waals surface area contributed by atoms with E-state index in [1.807, 2.05) is 35.8 Å². The molecular weight excluding hydrogens is 440 g/mol. The number of aliphatic hydroxyl groups excluding tert-OH is 1. The Hall–Kier alpha value is -2.71. The van der Waals surface area contributed by atoms with Crippen LogP contribution >= 0.6 is 15.9 Å². The van der Waals surface area contributed by atoms with Crippen molar-refractivity contribution in [3.05, 3.63) is 52.6 Å². The van der Waals surface area contributed by atoms with Crippen LogP contribution in [0.4, 0.5) is 0 Å². The quantitative estimate of drug-likeness (QED) is 0.566. The first-order valence-corrected chi connectivity index (χ1v) is 10.0. The van der Waals surface area contributed by atoms with E-state index in [0.29, 0.717) is 17.2 Å². The van der Waals surface area contributed by atoms with Crippen LogP contribution in [0.15, 0.2) is 46.9 Å². The lowest BCUT2D eigenvalue weighted by Crippen LogP contribution is -2.37. The second-order valence-electron chi connectivity index (χ2n) is 6.79. The molecule has 0 fully saturated rings. The maximum Gasteiger partial charge on any atom is 0.240 e. The SMILES string of the molecule is Cc1c(Br)c2ccccc2n1CC(=O)NCC(O)COc1ccc2c(c1)OCO2. The lowest BCUT2D eigenvalue weighted by molar-refractivity contribution is -0.122. The van der Waals surface area contributed by atoms with Crippen LogP contribution in [0.25, 0.3) is 10.9 Å². The average molecular weight is 461 g/mol. The van der Waals surface area contributed by atoms with Crippen LogP contribution in [0.3, 0.4) is 0 Å². The summed E-state index contributed by atoms with van der Waals surface area (Å²) in [6, 6.07) is 13.1. The summed E-state index contributed by atoms with van der Waals surface area (Å²) in [6.45, 7) is 2.49. The number of para-hydroxylation sites is 1. The van der Waals surface area contributed by atoms with E-state index in [9.17, 15) is 9.90 Å². The zero-order valence-electron chi connectivity index (χ0n) is 15.9. The molecule has 2 aromatic carbocycles. The largest absolute Gasteiger partial charge is 0.491 e. The number of carbonyl (C=O) groups excluding carboxylic acids is 1. The third-order valence-corrected chi connectivity index (χ3v) is 5.78. The molecule has 0 radical (unpaired) electrons. The molecule has 1 atom stereocenters. The molecule has 1 aliphatic rings. The molecule has 29 heavy (non-hydrogen) atoms. The van der Waals surface area contributed by atoms with Crippen molar-refractivity contribution in [2.24, 2.45) is 0 Å². The van der Waals surface area contributed by atoms with E-state index in [1.54, 1.807) is 18.2 Å². The lowest BCUT2D eigenvalue weighted by atomic mass is 10.2. The molecule has 152 valence electrons. The number of nitrogens with zero attached hydrogens (tertiary/aromatic N) is 1. The Labute approximate surface area is 176 Å². The van der Waals surface area contributed by atoms with Crippen molar-refractivity contribution < 1.29 is 24.1 Å². The van der Waals surface area contributed by atoms with Gasteiger partial charge < -0.3 is 29.2 Å². The zero-order chi connectivity index (χ0) is 20.4. The Morgan fingerprint density at radius 2 is 2.07 bits per heavy atom. The summed E-state index contributed by atoms with van der Waals surface area (Å²) >= 11 is 3.59. The molecule has 2 heterocycles. The number of aromatic nitrogens is 1. The number of aliphatic hydroxyl groups is 1. The van der Waals surface area contributed by atoms with Crippen molar-refractivity contribution in [1.29, 1.82) is 0 Å². The van der Waals surface area contributed by atoms with E-state index in [4.69, 9.17) is 14.2 Å². The molecule has 0 bridgehead atoms. The van der Waals surface area contributed by atoms with Gasteiger partial charge in [0.25, 0.3) is 0 Å². The van der Waals surface area contributed by atoms with Crippen LogP contribution in [0, 0.1) is 6.92 Å². The summed E-state index contributed by atoms with van der Waals surface area (Å²) in [7, 11) is 0. The molecule has 0 saturated carbocycles. The van der Waals surface area contributed by atoms with Crippen molar-refractivity contribution in [2.75, 3.05) is 19.9 Å². The first-order chi connectivity index (χ1) is 14.0. The molecule has 2 N–H and O–H groups in total. The van der Waals surface area contributed by atoms with Gasteiger partial charge in [0.15, 0.2) is 11.5 Å². The summed E-state index contributed by atoms with van der Waals surface area (Å²) < 4.78 is 19.1. The third kappa shape index (κ3) is 4.18. The molecule has 1 aromatic heterocycles. The monoisotopic (exact) mass is 460 g/mol. The van der Waals surface area contributed by atoms with E-state index >= 15 is 0 Å². The van der Waals surface area contributed by atoms with Crippen molar-refractivity contribution in [2.45, 2.75) is 19.6 Å². The summed E-state index contributed by atoms with van der Waals surface area (Å²) in [4.78, 5) is 12.4. The molecule has 0 saturated heterocycles. The zero-order valence-corrected chi connectivity index (χ0v) is 17.4.